The number of hydrogen-bond acceptors (Lipinski definition) is 5. The second-order valence-corrected chi connectivity index (χ2v) is 12.7. The van der Waals surface area contributed by atoms with Gasteiger partial charge in [-0.2, -0.15) is 0 Å². The Balaban J connectivity index is 1.33. The van der Waals surface area contributed by atoms with Gasteiger partial charge in [-0.1, -0.05) is 85.6 Å². The van der Waals surface area contributed by atoms with Crippen LogP contribution in [0.15, 0.2) is 108 Å². The third-order valence-corrected chi connectivity index (χ3v) is 9.00. The van der Waals surface area contributed by atoms with Crippen molar-refractivity contribution < 1.29 is 19.2 Å². The highest BCUT2D eigenvalue weighted by Gasteiger charge is 2.40. The highest BCUT2D eigenvalue weighted by molar-refractivity contribution is 8.00. The summed E-state index contributed by atoms with van der Waals surface area (Å²) in [6.07, 6.45) is 1.63. The van der Waals surface area contributed by atoms with E-state index in [4.69, 9.17) is 23.2 Å². The van der Waals surface area contributed by atoms with Crippen LogP contribution in [0.4, 0.5) is 11.4 Å². The standard InChI is InChI=1S/C35H29Cl2N3O4S/c1-21(2)23-13-11-22(12-14-23)17-30(39-33(42)24-7-4-3-5-8-24)34(43)38-25-9-6-10-27(18-25)45-31-20-32(41)40(35(31)44)26-15-16-28(36)29(37)19-26/h3-19,21,31H,20H2,1-2H3,(H,38,43)(H,39,42)/b30-17-/t31-/m0/s1. The number of imide groups is 1. The number of amides is 4. The van der Waals surface area contributed by atoms with Gasteiger partial charge in [0.1, 0.15) is 5.70 Å². The quantitative estimate of drug-likeness (QED) is 0.141. The number of nitrogens with zero attached hydrogens (tertiary/aromatic N) is 1. The van der Waals surface area contributed by atoms with Gasteiger partial charge in [0.05, 0.1) is 21.0 Å². The minimum atomic E-state index is -0.660. The zero-order valence-corrected chi connectivity index (χ0v) is 26.7. The molecule has 1 heterocycles. The van der Waals surface area contributed by atoms with Crippen molar-refractivity contribution in [3.05, 3.63) is 129 Å². The summed E-state index contributed by atoms with van der Waals surface area (Å²) in [6, 6.07) is 28.0. The second kappa shape index (κ2) is 14.2. The Kier molecular flexibility index (Phi) is 10.1. The molecule has 10 heteroatoms. The largest absolute Gasteiger partial charge is 0.321 e. The molecule has 4 aromatic carbocycles. The topological polar surface area (TPSA) is 95.6 Å². The molecule has 0 aromatic heterocycles. The van der Waals surface area contributed by atoms with Crippen molar-refractivity contribution in [2.75, 3.05) is 10.2 Å². The van der Waals surface area contributed by atoms with Crippen LogP contribution in [-0.4, -0.2) is 28.9 Å². The Morgan fingerprint density at radius 2 is 1.62 bits per heavy atom. The SMILES string of the molecule is CC(C)c1ccc(/C=C(\NC(=O)c2ccccc2)C(=O)Nc2cccc(S[C@H]3CC(=O)N(c4ccc(Cl)c(Cl)c4)C3=O)c2)cc1. The van der Waals surface area contributed by atoms with Crippen molar-refractivity contribution in [3.63, 3.8) is 0 Å². The van der Waals surface area contributed by atoms with Crippen LogP contribution in [-0.2, 0) is 14.4 Å². The fourth-order valence-corrected chi connectivity index (χ4v) is 6.09. The maximum atomic E-state index is 13.5. The molecule has 0 aliphatic carbocycles. The summed E-state index contributed by atoms with van der Waals surface area (Å²) in [4.78, 5) is 54.3. The molecule has 228 valence electrons. The van der Waals surface area contributed by atoms with Crippen LogP contribution in [0.3, 0.4) is 0 Å². The van der Waals surface area contributed by atoms with Crippen molar-refractivity contribution >= 4 is 76.0 Å². The van der Waals surface area contributed by atoms with Gasteiger partial charge in [0, 0.05) is 22.6 Å². The number of halogens is 2. The molecule has 1 aliphatic rings. The zero-order valence-electron chi connectivity index (χ0n) is 24.4. The first-order chi connectivity index (χ1) is 21.6. The van der Waals surface area contributed by atoms with Gasteiger partial charge in [0.2, 0.25) is 11.8 Å². The molecule has 2 N–H and O–H groups in total. The van der Waals surface area contributed by atoms with Crippen LogP contribution >= 0.6 is 35.0 Å². The highest BCUT2D eigenvalue weighted by Crippen LogP contribution is 2.36. The monoisotopic (exact) mass is 657 g/mol. The molecule has 1 saturated heterocycles. The van der Waals surface area contributed by atoms with Gasteiger partial charge in [-0.3, -0.25) is 19.2 Å². The smallest absolute Gasteiger partial charge is 0.272 e. The van der Waals surface area contributed by atoms with Crippen LogP contribution in [0.1, 0.15) is 47.7 Å². The maximum Gasteiger partial charge on any atom is 0.272 e. The van der Waals surface area contributed by atoms with Crippen molar-refractivity contribution in [1.29, 1.82) is 0 Å². The Bertz CT molecular complexity index is 1790. The lowest BCUT2D eigenvalue weighted by molar-refractivity contribution is -0.121. The second-order valence-electron chi connectivity index (χ2n) is 10.7. The number of hydrogen-bond donors (Lipinski definition) is 2. The summed E-state index contributed by atoms with van der Waals surface area (Å²) in [5, 5.41) is 5.52. The lowest BCUT2D eigenvalue weighted by Crippen LogP contribution is -2.31. The first kappa shape index (κ1) is 32.0. The van der Waals surface area contributed by atoms with Crippen molar-refractivity contribution in [2.45, 2.75) is 36.3 Å². The van der Waals surface area contributed by atoms with Gasteiger partial charge in [-0.05, 0) is 71.7 Å². The van der Waals surface area contributed by atoms with Gasteiger partial charge in [-0.25, -0.2) is 4.90 Å². The van der Waals surface area contributed by atoms with E-state index >= 15 is 0 Å². The molecule has 1 aliphatic heterocycles. The summed E-state index contributed by atoms with van der Waals surface area (Å²) < 4.78 is 0. The molecule has 5 rings (SSSR count). The number of carbonyl (C=O) groups excluding carboxylic acids is 4. The van der Waals surface area contributed by atoms with E-state index < -0.39 is 17.1 Å². The Hall–Kier alpha value is -4.37. The molecule has 1 atom stereocenters. The zero-order chi connectivity index (χ0) is 32.1. The van der Waals surface area contributed by atoms with Gasteiger partial charge < -0.3 is 10.6 Å². The predicted molar refractivity (Wildman–Crippen MR) is 181 cm³/mol. The molecule has 4 amide bonds. The fourth-order valence-electron chi connectivity index (χ4n) is 4.69. The number of carbonyl (C=O) groups is 4. The average Bonchev–Trinajstić information content (AvgIpc) is 3.30. The normalized spacial score (nSPS) is 15.0. The fraction of sp³-hybridized carbons (Fsp3) is 0.143. The molecule has 0 radical (unpaired) electrons. The van der Waals surface area contributed by atoms with E-state index in [1.54, 1.807) is 66.7 Å². The molecule has 4 aromatic rings. The Morgan fingerprint density at radius 3 is 2.31 bits per heavy atom. The Labute approximate surface area is 275 Å². The average molecular weight is 659 g/mol. The first-order valence-corrected chi connectivity index (χ1v) is 15.8. The predicted octanol–water partition coefficient (Wildman–Crippen LogP) is 7.95. The number of thioether (sulfide) groups is 1. The summed E-state index contributed by atoms with van der Waals surface area (Å²) in [7, 11) is 0. The van der Waals surface area contributed by atoms with Crippen LogP contribution in [0.25, 0.3) is 6.08 Å². The maximum absolute atomic E-state index is 13.5. The van der Waals surface area contributed by atoms with E-state index in [0.717, 1.165) is 16.0 Å². The van der Waals surface area contributed by atoms with E-state index in [2.05, 4.69) is 24.5 Å². The molecule has 0 spiro atoms. The third kappa shape index (κ3) is 7.84. The first-order valence-electron chi connectivity index (χ1n) is 14.2. The van der Waals surface area contributed by atoms with Crippen molar-refractivity contribution in [1.82, 2.24) is 5.32 Å². The van der Waals surface area contributed by atoms with Crippen molar-refractivity contribution in [2.24, 2.45) is 0 Å². The summed E-state index contributed by atoms with van der Waals surface area (Å²) in [6.45, 7) is 4.20. The third-order valence-electron chi connectivity index (χ3n) is 7.08. The summed E-state index contributed by atoms with van der Waals surface area (Å²) in [5.74, 6) is -1.30. The molecular weight excluding hydrogens is 629 g/mol. The number of rotatable bonds is 9. The van der Waals surface area contributed by atoms with Gasteiger partial charge in [-0.15, -0.1) is 11.8 Å². The molecule has 0 saturated carbocycles. The summed E-state index contributed by atoms with van der Waals surface area (Å²) in [5.41, 5.74) is 3.20. The molecule has 45 heavy (non-hydrogen) atoms. The highest BCUT2D eigenvalue weighted by atomic mass is 35.5. The van der Waals surface area contributed by atoms with E-state index in [-0.39, 0.29) is 29.0 Å². The van der Waals surface area contributed by atoms with E-state index in [1.165, 1.54) is 23.9 Å². The van der Waals surface area contributed by atoms with E-state index in [1.807, 2.05) is 24.3 Å². The van der Waals surface area contributed by atoms with E-state index in [9.17, 15) is 19.2 Å². The number of anilines is 2. The molecule has 0 bridgehead atoms. The number of nitrogens with one attached hydrogen (secondary N) is 2. The Morgan fingerprint density at radius 1 is 0.889 bits per heavy atom. The van der Waals surface area contributed by atoms with Crippen LogP contribution in [0.2, 0.25) is 10.0 Å². The van der Waals surface area contributed by atoms with Gasteiger partial charge >= 0.3 is 0 Å². The molecule has 7 nitrogen and oxygen atoms in total. The lowest BCUT2D eigenvalue weighted by atomic mass is 10.0. The van der Waals surface area contributed by atoms with Gasteiger partial charge in [0.25, 0.3) is 11.8 Å². The van der Waals surface area contributed by atoms with Crippen LogP contribution in [0.5, 0.6) is 0 Å². The van der Waals surface area contributed by atoms with Crippen LogP contribution in [0, 0.1) is 0 Å². The van der Waals surface area contributed by atoms with Gasteiger partial charge in [0.15, 0.2) is 0 Å². The van der Waals surface area contributed by atoms with E-state index in [0.29, 0.717) is 32.8 Å². The molecule has 1 fully saturated rings. The lowest BCUT2D eigenvalue weighted by Gasteiger charge is -2.16. The van der Waals surface area contributed by atoms with Crippen molar-refractivity contribution in [3.8, 4) is 0 Å². The molecular formula is C35H29Cl2N3O4S. The molecule has 0 unspecified atom stereocenters. The van der Waals surface area contributed by atoms with Crippen LogP contribution < -0.4 is 15.5 Å². The number of benzene rings is 4. The minimum Gasteiger partial charge on any atom is -0.321 e. The summed E-state index contributed by atoms with van der Waals surface area (Å²) >= 11 is 13.3. The minimum absolute atomic E-state index is 0.00827.